The van der Waals surface area contributed by atoms with E-state index in [1.165, 1.54) is 0 Å². The number of hydrogen-bond acceptors (Lipinski definition) is 3. The number of nitrogens with zero attached hydrogens (tertiary/aromatic N) is 2. The van der Waals surface area contributed by atoms with Crippen LogP contribution >= 0.6 is 0 Å². The van der Waals surface area contributed by atoms with Crippen molar-refractivity contribution in [3.63, 3.8) is 0 Å². The van der Waals surface area contributed by atoms with Crippen LogP contribution in [0.2, 0.25) is 0 Å². The molecule has 1 unspecified atom stereocenters. The highest BCUT2D eigenvalue weighted by molar-refractivity contribution is 6.04. The molecule has 0 aromatic heterocycles. The molecule has 2 rings (SSSR count). The third kappa shape index (κ3) is 1.45. The van der Waals surface area contributed by atoms with Gasteiger partial charge in [0.25, 0.3) is 0 Å². The van der Waals surface area contributed by atoms with Gasteiger partial charge in [-0.05, 0) is 12.1 Å². The minimum atomic E-state index is 0.313. The average Bonchev–Trinajstić information content (AvgIpc) is 2.46. The van der Waals surface area contributed by atoms with E-state index in [4.69, 9.17) is 0 Å². The largest absolute Gasteiger partial charge is 0.507 e. The van der Waals surface area contributed by atoms with E-state index in [2.05, 4.69) is 12.0 Å². The van der Waals surface area contributed by atoms with Gasteiger partial charge in [-0.25, -0.2) is 0 Å². The molecule has 0 saturated heterocycles. The lowest BCUT2D eigenvalue weighted by Crippen LogP contribution is -2.13. The molecule has 1 aromatic carbocycles. The molecular formula is C11H14N2O. The monoisotopic (exact) mass is 190 g/mol. The Morgan fingerprint density at radius 1 is 1.43 bits per heavy atom. The Morgan fingerprint density at radius 3 is 2.71 bits per heavy atom. The number of para-hydroxylation sites is 1. The lowest BCUT2D eigenvalue weighted by Gasteiger charge is -2.07. The number of aromatic hydroxyl groups is 1. The van der Waals surface area contributed by atoms with Gasteiger partial charge in [0.1, 0.15) is 5.75 Å². The van der Waals surface area contributed by atoms with Gasteiger partial charge in [-0.1, -0.05) is 19.1 Å². The average molecular weight is 190 g/mol. The SMILES string of the molecule is CC1CN(C)N=C1c1ccccc1O. The van der Waals surface area contributed by atoms with Crippen molar-refractivity contribution in [2.24, 2.45) is 11.0 Å². The van der Waals surface area contributed by atoms with Gasteiger partial charge >= 0.3 is 0 Å². The molecule has 1 N–H and O–H groups in total. The van der Waals surface area contributed by atoms with Crippen LogP contribution in [0.3, 0.4) is 0 Å². The quantitative estimate of drug-likeness (QED) is 0.731. The Hall–Kier alpha value is -1.51. The summed E-state index contributed by atoms with van der Waals surface area (Å²) in [4.78, 5) is 0. The summed E-state index contributed by atoms with van der Waals surface area (Å²) in [6.07, 6.45) is 0. The molecule has 1 aliphatic rings. The van der Waals surface area contributed by atoms with Crippen LogP contribution in [0.5, 0.6) is 5.75 Å². The summed E-state index contributed by atoms with van der Waals surface area (Å²) in [7, 11) is 1.95. The summed E-state index contributed by atoms with van der Waals surface area (Å²) in [5, 5.41) is 16.0. The van der Waals surface area contributed by atoms with Crippen molar-refractivity contribution in [1.29, 1.82) is 0 Å². The Bertz CT molecular complexity index is 373. The minimum Gasteiger partial charge on any atom is -0.507 e. The van der Waals surface area contributed by atoms with E-state index >= 15 is 0 Å². The summed E-state index contributed by atoms with van der Waals surface area (Å²) in [6, 6.07) is 7.35. The number of rotatable bonds is 1. The molecule has 0 fully saturated rings. The fourth-order valence-corrected chi connectivity index (χ4v) is 1.82. The van der Waals surface area contributed by atoms with Gasteiger partial charge in [0.05, 0.1) is 5.71 Å². The lowest BCUT2D eigenvalue weighted by molar-refractivity contribution is 0.368. The second-order valence-corrected chi connectivity index (χ2v) is 3.74. The fourth-order valence-electron chi connectivity index (χ4n) is 1.82. The summed E-state index contributed by atoms with van der Waals surface area (Å²) in [5.41, 5.74) is 1.83. The van der Waals surface area contributed by atoms with E-state index in [-0.39, 0.29) is 0 Å². The molecule has 0 amide bonds. The van der Waals surface area contributed by atoms with Crippen LogP contribution in [-0.4, -0.2) is 29.4 Å². The highest BCUT2D eigenvalue weighted by atomic mass is 16.3. The molecule has 1 atom stereocenters. The smallest absolute Gasteiger partial charge is 0.124 e. The van der Waals surface area contributed by atoms with Crippen molar-refractivity contribution < 1.29 is 5.11 Å². The minimum absolute atomic E-state index is 0.313. The molecule has 0 aliphatic carbocycles. The van der Waals surface area contributed by atoms with Crippen molar-refractivity contribution in [2.75, 3.05) is 13.6 Å². The summed E-state index contributed by atoms with van der Waals surface area (Å²) < 4.78 is 0. The predicted molar refractivity (Wildman–Crippen MR) is 56.4 cm³/mol. The van der Waals surface area contributed by atoms with Crippen LogP contribution in [-0.2, 0) is 0 Å². The van der Waals surface area contributed by atoms with E-state index in [1.807, 2.05) is 30.3 Å². The number of hydrogen-bond donors (Lipinski definition) is 1. The van der Waals surface area contributed by atoms with Crippen LogP contribution in [0, 0.1) is 5.92 Å². The molecule has 1 aliphatic heterocycles. The maximum atomic E-state index is 9.68. The topological polar surface area (TPSA) is 35.8 Å². The predicted octanol–water partition coefficient (Wildman–Crippen LogP) is 1.68. The number of benzene rings is 1. The Morgan fingerprint density at radius 2 is 2.14 bits per heavy atom. The molecule has 0 radical (unpaired) electrons. The molecular weight excluding hydrogens is 176 g/mol. The molecule has 14 heavy (non-hydrogen) atoms. The van der Waals surface area contributed by atoms with Crippen LogP contribution in [0.15, 0.2) is 29.4 Å². The number of phenolic OH excluding ortho intramolecular Hbond substituents is 1. The van der Waals surface area contributed by atoms with Gasteiger partial charge in [-0.2, -0.15) is 5.10 Å². The van der Waals surface area contributed by atoms with Gasteiger partial charge in [0, 0.05) is 25.1 Å². The van der Waals surface area contributed by atoms with E-state index in [9.17, 15) is 5.11 Å². The van der Waals surface area contributed by atoms with Gasteiger partial charge in [0.15, 0.2) is 0 Å². The Labute approximate surface area is 83.7 Å². The van der Waals surface area contributed by atoms with Gasteiger partial charge < -0.3 is 5.11 Å². The molecule has 0 bridgehead atoms. The van der Waals surface area contributed by atoms with Gasteiger partial charge in [-0.3, -0.25) is 5.01 Å². The zero-order valence-corrected chi connectivity index (χ0v) is 8.44. The highest BCUT2D eigenvalue weighted by Crippen LogP contribution is 2.24. The number of hydrazone groups is 1. The first-order valence-electron chi connectivity index (χ1n) is 4.76. The second kappa shape index (κ2) is 3.33. The first-order chi connectivity index (χ1) is 6.68. The van der Waals surface area contributed by atoms with E-state index in [0.29, 0.717) is 11.7 Å². The summed E-state index contributed by atoms with van der Waals surface area (Å²) >= 11 is 0. The van der Waals surface area contributed by atoms with Crippen molar-refractivity contribution >= 4 is 5.71 Å². The van der Waals surface area contributed by atoms with E-state index in [1.54, 1.807) is 6.07 Å². The zero-order valence-electron chi connectivity index (χ0n) is 8.44. The molecule has 1 heterocycles. The van der Waals surface area contributed by atoms with Crippen LogP contribution in [0.25, 0.3) is 0 Å². The summed E-state index contributed by atoms with van der Waals surface area (Å²) in [6.45, 7) is 3.04. The molecule has 0 saturated carbocycles. The lowest BCUT2D eigenvalue weighted by atomic mass is 9.99. The Balaban J connectivity index is 2.41. The molecule has 74 valence electrons. The van der Waals surface area contributed by atoms with Crippen LogP contribution in [0.1, 0.15) is 12.5 Å². The van der Waals surface area contributed by atoms with Crippen molar-refractivity contribution in [2.45, 2.75) is 6.92 Å². The van der Waals surface area contributed by atoms with Crippen molar-refractivity contribution in [3.8, 4) is 5.75 Å². The van der Waals surface area contributed by atoms with Crippen molar-refractivity contribution in [3.05, 3.63) is 29.8 Å². The second-order valence-electron chi connectivity index (χ2n) is 3.74. The Kier molecular flexibility index (Phi) is 2.15. The zero-order chi connectivity index (χ0) is 10.1. The van der Waals surface area contributed by atoms with E-state index in [0.717, 1.165) is 17.8 Å². The molecule has 3 heteroatoms. The third-order valence-electron chi connectivity index (χ3n) is 2.46. The number of phenols is 1. The standard InChI is InChI=1S/C11H14N2O/c1-8-7-13(2)12-11(8)9-5-3-4-6-10(9)14/h3-6,8,14H,7H2,1-2H3. The first-order valence-corrected chi connectivity index (χ1v) is 4.76. The molecule has 3 nitrogen and oxygen atoms in total. The molecule has 1 aromatic rings. The molecule has 0 spiro atoms. The normalized spacial score (nSPS) is 21.1. The third-order valence-corrected chi connectivity index (χ3v) is 2.46. The van der Waals surface area contributed by atoms with Gasteiger partial charge in [-0.15, -0.1) is 0 Å². The van der Waals surface area contributed by atoms with Gasteiger partial charge in [0.2, 0.25) is 0 Å². The van der Waals surface area contributed by atoms with Crippen molar-refractivity contribution in [1.82, 2.24) is 5.01 Å². The van der Waals surface area contributed by atoms with Crippen LogP contribution in [0.4, 0.5) is 0 Å². The van der Waals surface area contributed by atoms with E-state index < -0.39 is 0 Å². The van der Waals surface area contributed by atoms with Crippen LogP contribution < -0.4 is 0 Å². The highest BCUT2D eigenvalue weighted by Gasteiger charge is 2.23. The fraction of sp³-hybridized carbons (Fsp3) is 0.364. The summed E-state index contributed by atoms with van der Waals surface area (Å²) in [5.74, 6) is 0.696. The first kappa shape index (κ1) is 9.06. The maximum Gasteiger partial charge on any atom is 0.124 e. The maximum absolute atomic E-state index is 9.68.